The van der Waals surface area contributed by atoms with Gasteiger partial charge in [-0.25, -0.2) is 9.97 Å². The van der Waals surface area contributed by atoms with Gasteiger partial charge in [-0.2, -0.15) is 0 Å². The topological polar surface area (TPSA) is 95.4 Å². The molecule has 0 radical (unpaired) electrons. The maximum Gasteiger partial charge on any atom is 0.310 e. The SMILES string of the molecule is CN(CC(=O)NC1C=CC(C(=O)O)C1)c1ncccn1. The van der Waals surface area contributed by atoms with E-state index in [4.69, 9.17) is 5.11 Å². The zero-order valence-corrected chi connectivity index (χ0v) is 11.1. The van der Waals surface area contributed by atoms with E-state index in [1.54, 1.807) is 42.6 Å². The average Bonchev–Trinajstić information content (AvgIpc) is 2.88. The Bertz CT molecular complexity index is 518. The smallest absolute Gasteiger partial charge is 0.310 e. The van der Waals surface area contributed by atoms with Gasteiger partial charge in [-0.15, -0.1) is 0 Å². The lowest BCUT2D eigenvalue weighted by molar-refractivity contribution is -0.140. The van der Waals surface area contributed by atoms with Crippen LogP contribution in [0.25, 0.3) is 0 Å². The first-order valence-corrected chi connectivity index (χ1v) is 6.25. The predicted molar refractivity (Wildman–Crippen MR) is 72.1 cm³/mol. The van der Waals surface area contributed by atoms with Crippen LogP contribution in [-0.2, 0) is 9.59 Å². The molecule has 1 aliphatic rings. The summed E-state index contributed by atoms with van der Waals surface area (Å²) in [6.07, 6.45) is 6.93. The molecule has 7 heteroatoms. The average molecular weight is 276 g/mol. The van der Waals surface area contributed by atoms with Crippen molar-refractivity contribution in [1.82, 2.24) is 15.3 Å². The fraction of sp³-hybridized carbons (Fsp3) is 0.385. The summed E-state index contributed by atoms with van der Waals surface area (Å²) >= 11 is 0. The lowest BCUT2D eigenvalue weighted by Gasteiger charge is -2.18. The molecule has 1 amide bonds. The number of carboxylic acid groups (broad SMARTS) is 1. The Hall–Kier alpha value is -2.44. The zero-order chi connectivity index (χ0) is 14.5. The van der Waals surface area contributed by atoms with Crippen LogP contribution < -0.4 is 10.2 Å². The van der Waals surface area contributed by atoms with Gasteiger partial charge in [-0.3, -0.25) is 9.59 Å². The number of aromatic nitrogens is 2. The molecule has 106 valence electrons. The molecular weight excluding hydrogens is 260 g/mol. The minimum Gasteiger partial charge on any atom is -0.481 e. The Morgan fingerprint density at radius 3 is 2.70 bits per heavy atom. The molecule has 1 heterocycles. The number of nitrogens with zero attached hydrogens (tertiary/aromatic N) is 3. The predicted octanol–water partition coefficient (Wildman–Crippen LogP) is 0.0583. The third-order valence-electron chi connectivity index (χ3n) is 3.02. The first kappa shape index (κ1) is 14.0. The number of hydrogen-bond donors (Lipinski definition) is 2. The highest BCUT2D eigenvalue weighted by Gasteiger charge is 2.25. The van der Waals surface area contributed by atoms with Gasteiger partial charge in [0.2, 0.25) is 11.9 Å². The van der Waals surface area contributed by atoms with Crippen LogP contribution in [0.1, 0.15) is 6.42 Å². The van der Waals surface area contributed by atoms with E-state index in [0.29, 0.717) is 12.4 Å². The summed E-state index contributed by atoms with van der Waals surface area (Å²) in [4.78, 5) is 32.4. The molecule has 2 atom stereocenters. The Balaban J connectivity index is 1.82. The van der Waals surface area contributed by atoms with Crippen LogP contribution in [0.3, 0.4) is 0 Å². The van der Waals surface area contributed by atoms with E-state index in [0.717, 1.165) is 0 Å². The number of likely N-dealkylation sites (N-methyl/N-ethyl adjacent to an activating group) is 1. The quantitative estimate of drug-likeness (QED) is 0.738. The second-order valence-electron chi connectivity index (χ2n) is 4.64. The second kappa shape index (κ2) is 6.14. The van der Waals surface area contributed by atoms with E-state index in [1.165, 1.54) is 0 Å². The molecule has 1 aromatic heterocycles. The van der Waals surface area contributed by atoms with Crippen molar-refractivity contribution >= 4 is 17.8 Å². The monoisotopic (exact) mass is 276 g/mol. The zero-order valence-electron chi connectivity index (χ0n) is 11.1. The molecule has 7 nitrogen and oxygen atoms in total. The molecule has 0 spiro atoms. The number of anilines is 1. The summed E-state index contributed by atoms with van der Waals surface area (Å²) in [5, 5.41) is 11.6. The first-order valence-electron chi connectivity index (χ1n) is 6.25. The van der Waals surface area contributed by atoms with Crippen molar-refractivity contribution in [3.8, 4) is 0 Å². The van der Waals surface area contributed by atoms with Crippen LogP contribution in [-0.4, -0.2) is 46.6 Å². The van der Waals surface area contributed by atoms with E-state index in [9.17, 15) is 9.59 Å². The highest BCUT2D eigenvalue weighted by molar-refractivity contribution is 5.81. The molecule has 2 rings (SSSR count). The fourth-order valence-electron chi connectivity index (χ4n) is 2.02. The maximum atomic E-state index is 11.9. The van der Waals surface area contributed by atoms with Gasteiger partial charge in [0.15, 0.2) is 0 Å². The highest BCUT2D eigenvalue weighted by atomic mass is 16.4. The lowest BCUT2D eigenvalue weighted by Crippen LogP contribution is -2.40. The van der Waals surface area contributed by atoms with Crippen molar-refractivity contribution < 1.29 is 14.7 Å². The van der Waals surface area contributed by atoms with E-state index in [-0.39, 0.29) is 18.5 Å². The van der Waals surface area contributed by atoms with Crippen LogP contribution in [0.15, 0.2) is 30.6 Å². The van der Waals surface area contributed by atoms with Gasteiger partial charge in [0.05, 0.1) is 12.5 Å². The summed E-state index contributed by atoms with van der Waals surface area (Å²) in [6, 6.07) is 1.47. The van der Waals surface area contributed by atoms with Gasteiger partial charge in [0, 0.05) is 25.5 Å². The molecule has 0 aromatic carbocycles. The largest absolute Gasteiger partial charge is 0.481 e. The number of rotatable bonds is 5. The fourth-order valence-corrected chi connectivity index (χ4v) is 2.02. The van der Waals surface area contributed by atoms with Gasteiger partial charge >= 0.3 is 5.97 Å². The normalized spacial score (nSPS) is 20.6. The Morgan fingerprint density at radius 2 is 2.10 bits per heavy atom. The molecule has 0 saturated heterocycles. The van der Waals surface area contributed by atoms with Gasteiger partial charge in [0.1, 0.15) is 0 Å². The van der Waals surface area contributed by atoms with Gasteiger partial charge in [0.25, 0.3) is 0 Å². The van der Waals surface area contributed by atoms with E-state index >= 15 is 0 Å². The van der Waals surface area contributed by atoms with Crippen molar-refractivity contribution in [2.75, 3.05) is 18.5 Å². The summed E-state index contributed by atoms with van der Waals surface area (Å²) in [7, 11) is 1.72. The van der Waals surface area contributed by atoms with Gasteiger partial charge < -0.3 is 15.3 Å². The number of carboxylic acids is 1. The van der Waals surface area contributed by atoms with Crippen LogP contribution in [0, 0.1) is 5.92 Å². The van der Waals surface area contributed by atoms with Crippen molar-refractivity contribution in [3.05, 3.63) is 30.6 Å². The molecule has 0 bridgehead atoms. The number of carbonyl (C=O) groups excluding carboxylic acids is 1. The van der Waals surface area contributed by atoms with E-state index in [1.807, 2.05) is 0 Å². The molecule has 2 N–H and O–H groups in total. The number of nitrogens with one attached hydrogen (secondary N) is 1. The molecule has 0 saturated carbocycles. The third-order valence-corrected chi connectivity index (χ3v) is 3.02. The summed E-state index contributed by atoms with van der Waals surface area (Å²) < 4.78 is 0. The van der Waals surface area contributed by atoms with Crippen LogP contribution >= 0.6 is 0 Å². The van der Waals surface area contributed by atoms with Crippen LogP contribution in [0.2, 0.25) is 0 Å². The summed E-state index contributed by atoms with van der Waals surface area (Å²) in [5.41, 5.74) is 0. The molecule has 0 aliphatic heterocycles. The Morgan fingerprint density at radius 1 is 1.40 bits per heavy atom. The minimum atomic E-state index is -0.868. The molecular formula is C13H16N4O3. The van der Waals surface area contributed by atoms with Crippen LogP contribution in [0.5, 0.6) is 0 Å². The Labute approximate surface area is 116 Å². The summed E-state index contributed by atoms with van der Waals surface area (Å²) in [6.45, 7) is 0.117. The maximum absolute atomic E-state index is 11.9. The number of hydrogen-bond acceptors (Lipinski definition) is 5. The second-order valence-corrected chi connectivity index (χ2v) is 4.64. The summed E-state index contributed by atoms with van der Waals surface area (Å²) in [5.74, 6) is -1.11. The minimum absolute atomic E-state index is 0.117. The van der Waals surface area contributed by atoms with E-state index in [2.05, 4.69) is 15.3 Å². The molecule has 0 fully saturated rings. The Kier molecular flexibility index (Phi) is 4.29. The number of aliphatic carboxylic acids is 1. The molecule has 1 aliphatic carbocycles. The standard InChI is InChI=1S/C13H16N4O3/c1-17(13-14-5-2-6-15-13)8-11(18)16-10-4-3-9(7-10)12(19)20/h2-6,9-10H,7-8H2,1H3,(H,16,18)(H,19,20). The van der Waals surface area contributed by atoms with Gasteiger partial charge in [-0.1, -0.05) is 12.2 Å². The third kappa shape index (κ3) is 3.53. The number of amides is 1. The number of carbonyl (C=O) groups is 2. The molecule has 20 heavy (non-hydrogen) atoms. The van der Waals surface area contributed by atoms with Crippen molar-refractivity contribution in [2.24, 2.45) is 5.92 Å². The van der Waals surface area contributed by atoms with Crippen molar-refractivity contribution in [3.63, 3.8) is 0 Å². The lowest BCUT2D eigenvalue weighted by atomic mass is 10.1. The van der Waals surface area contributed by atoms with Crippen LogP contribution in [0.4, 0.5) is 5.95 Å². The molecule has 2 unspecified atom stereocenters. The first-order chi connectivity index (χ1) is 9.56. The highest BCUT2D eigenvalue weighted by Crippen LogP contribution is 2.17. The van der Waals surface area contributed by atoms with Crippen molar-refractivity contribution in [2.45, 2.75) is 12.5 Å². The molecule has 1 aromatic rings. The van der Waals surface area contributed by atoms with Crippen molar-refractivity contribution in [1.29, 1.82) is 0 Å². The van der Waals surface area contributed by atoms with E-state index < -0.39 is 11.9 Å². The van der Waals surface area contributed by atoms with Gasteiger partial charge in [-0.05, 0) is 12.5 Å².